The van der Waals surface area contributed by atoms with Crippen molar-refractivity contribution in [2.45, 2.75) is 13.5 Å². The third-order valence-corrected chi connectivity index (χ3v) is 4.10. The molecule has 0 radical (unpaired) electrons. The predicted molar refractivity (Wildman–Crippen MR) is 70.1 cm³/mol. The first kappa shape index (κ1) is 13.7. The number of rotatable bonds is 4. The molecule has 0 atom stereocenters. The fraction of sp³-hybridized carbons (Fsp3) is 0.333. The summed E-state index contributed by atoms with van der Waals surface area (Å²) in [6.45, 7) is 1.70. The first-order valence-electron chi connectivity index (χ1n) is 4.58. The van der Waals surface area contributed by atoms with Crippen LogP contribution in [0.2, 0.25) is 0 Å². The normalized spacial score (nSPS) is 11.5. The molecule has 7 heteroatoms. The van der Waals surface area contributed by atoms with E-state index in [2.05, 4.69) is 4.72 Å². The lowest BCUT2D eigenvalue weighted by Crippen LogP contribution is -2.17. The van der Waals surface area contributed by atoms with Crippen molar-refractivity contribution in [3.05, 3.63) is 27.1 Å². The second kappa shape index (κ2) is 5.28. The van der Waals surface area contributed by atoms with Crippen LogP contribution in [0, 0.1) is 9.39 Å². The number of halogens is 2. The Morgan fingerprint density at radius 3 is 2.56 bits per heavy atom. The number of nitrogens with two attached hydrogens (primary N) is 1. The fourth-order valence-electron chi connectivity index (χ4n) is 1.07. The Bertz CT molecular complexity index is 467. The molecule has 4 nitrogen and oxygen atoms in total. The Morgan fingerprint density at radius 1 is 1.50 bits per heavy atom. The number of sulfonamides is 1. The van der Waals surface area contributed by atoms with Crippen molar-refractivity contribution in [3.8, 4) is 0 Å². The van der Waals surface area contributed by atoms with Crippen molar-refractivity contribution in [3.63, 3.8) is 0 Å². The van der Waals surface area contributed by atoms with Gasteiger partial charge in [0.05, 0.1) is 11.4 Å². The first-order valence-corrected chi connectivity index (χ1v) is 7.31. The van der Waals surface area contributed by atoms with Crippen molar-refractivity contribution in [1.82, 2.24) is 0 Å². The minimum atomic E-state index is -3.46. The van der Waals surface area contributed by atoms with Crippen LogP contribution in [-0.2, 0) is 16.6 Å². The Morgan fingerprint density at radius 2 is 2.12 bits per heavy atom. The zero-order chi connectivity index (χ0) is 12.3. The summed E-state index contributed by atoms with van der Waals surface area (Å²) in [5.74, 6) is -0.703. The average molecular weight is 358 g/mol. The van der Waals surface area contributed by atoms with Gasteiger partial charge in [-0.1, -0.05) is 0 Å². The Kier molecular flexibility index (Phi) is 4.51. The van der Waals surface area contributed by atoms with Gasteiger partial charge in [-0.25, -0.2) is 12.8 Å². The van der Waals surface area contributed by atoms with Gasteiger partial charge < -0.3 is 5.73 Å². The molecule has 1 rings (SSSR count). The summed E-state index contributed by atoms with van der Waals surface area (Å²) in [5.41, 5.74) is 5.99. The van der Waals surface area contributed by atoms with Crippen molar-refractivity contribution >= 4 is 38.3 Å². The fourth-order valence-corrected chi connectivity index (χ4v) is 2.71. The zero-order valence-electron chi connectivity index (χ0n) is 8.63. The largest absolute Gasteiger partial charge is 0.326 e. The second-order valence-electron chi connectivity index (χ2n) is 3.14. The highest BCUT2D eigenvalue weighted by molar-refractivity contribution is 14.1. The van der Waals surface area contributed by atoms with Crippen LogP contribution >= 0.6 is 22.6 Å². The molecule has 16 heavy (non-hydrogen) atoms. The maximum atomic E-state index is 13.6. The van der Waals surface area contributed by atoms with E-state index in [0.717, 1.165) is 0 Å². The Balaban J connectivity index is 3.16. The molecule has 0 unspecified atom stereocenters. The summed E-state index contributed by atoms with van der Waals surface area (Å²) in [6.07, 6.45) is 0. The van der Waals surface area contributed by atoms with Gasteiger partial charge in [-0.05, 0) is 47.2 Å². The third-order valence-electron chi connectivity index (χ3n) is 1.98. The minimum Gasteiger partial charge on any atom is -0.326 e. The molecule has 0 fully saturated rings. The number of hydrogen-bond donors (Lipinski definition) is 2. The van der Waals surface area contributed by atoms with Crippen LogP contribution in [0.25, 0.3) is 0 Å². The highest BCUT2D eigenvalue weighted by Crippen LogP contribution is 2.24. The summed E-state index contributed by atoms with van der Waals surface area (Å²) in [6, 6.07) is 2.88. The number of nitrogens with one attached hydrogen (secondary N) is 1. The van der Waals surface area contributed by atoms with Gasteiger partial charge >= 0.3 is 0 Å². The molecule has 0 aromatic heterocycles. The molecule has 90 valence electrons. The number of hydrogen-bond acceptors (Lipinski definition) is 3. The smallest absolute Gasteiger partial charge is 0.232 e. The molecular formula is C9H12FIN2O2S. The minimum absolute atomic E-state index is 0.0142. The van der Waals surface area contributed by atoms with Crippen LogP contribution in [0.4, 0.5) is 10.1 Å². The average Bonchev–Trinajstić information content (AvgIpc) is 2.23. The summed E-state index contributed by atoms with van der Waals surface area (Å²) in [5, 5.41) is 0. The van der Waals surface area contributed by atoms with Crippen molar-refractivity contribution in [2.24, 2.45) is 5.73 Å². The lowest BCUT2D eigenvalue weighted by Gasteiger charge is -2.10. The van der Waals surface area contributed by atoms with Crippen LogP contribution in [0.15, 0.2) is 12.1 Å². The molecule has 0 saturated carbocycles. The molecule has 1 aromatic rings. The van der Waals surface area contributed by atoms with Gasteiger partial charge in [-0.3, -0.25) is 4.72 Å². The quantitative estimate of drug-likeness (QED) is 0.804. The maximum Gasteiger partial charge on any atom is 0.232 e. The maximum absolute atomic E-state index is 13.6. The van der Waals surface area contributed by atoms with Gasteiger partial charge in [0.25, 0.3) is 0 Å². The SMILES string of the molecule is CCS(=O)(=O)Nc1c(F)cc(CN)cc1I. The summed E-state index contributed by atoms with van der Waals surface area (Å²) in [7, 11) is -3.46. The molecule has 0 aliphatic heterocycles. The van der Waals surface area contributed by atoms with Crippen LogP contribution in [-0.4, -0.2) is 14.2 Å². The van der Waals surface area contributed by atoms with E-state index in [0.29, 0.717) is 9.13 Å². The van der Waals surface area contributed by atoms with E-state index in [1.165, 1.54) is 13.0 Å². The first-order chi connectivity index (χ1) is 7.39. The van der Waals surface area contributed by atoms with Crippen LogP contribution in [0.3, 0.4) is 0 Å². The van der Waals surface area contributed by atoms with Gasteiger partial charge in [0.2, 0.25) is 10.0 Å². The predicted octanol–water partition coefficient (Wildman–Crippen LogP) is 1.65. The van der Waals surface area contributed by atoms with E-state index in [1.807, 2.05) is 22.6 Å². The monoisotopic (exact) mass is 358 g/mol. The molecular weight excluding hydrogens is 346 g/mol. The van der Waals surface area contributed by atoms with E-state index >= 15 is 0 Å². The molecule has 0 saturated heterocycles. The van der Waals surface area contributed by atoms with Crippen LogP contribution in [0.1, 0.15) is 12.5 Å². The molecule has 0 heterocycles. The molecule has 0 spiro atoms. The highest BCUT2D eigenvalue weighted by Gasteiger charge is 2.14. The van der Waals surface area contributed by atoms with Gasteiger partial charge in [0.1, 0.15) is 5.82 Å². The molecule has 0 aliphatic rings. The van der Waals surface area contributed by atoms with Gasteiger partial charge in [-0.2, -0.15) is 0 Å². The van der Waals surface area contributed by atoms with Crippen LogP contribution in [0.5, 0.6) is 0 Å². The second-order valence-corrected chi connectivity index (χ2v) is 6.32. The van der Waals surface area contributed by atoms with E-state index < -0.39 is 15.8 Å². The van der Waals surface area contributed by atoms with E-state index in [1.54, 1.807) is 6.07 Å². The molecule has 0 amide bonds. The van der Waals surface area contributed by atoms with E-state index in [-0.39, 0.29) is 18.0 Å². The summed E-state index contributed by atoms with van der Waals surface area (Å²) < 4.78 is 38.9. The lowest BCUT2D eigenvalue weighted by atomic mass is 10.2. The number of benzene rings is 1. The standard InChI is InChI=1S/C9H12FIN2O2S/c1-2-16(14,15)13-9-7(10)3-6(5-12)4-8(9)11/h3-4,13H,2,5,12H2,1H3. The van der Waals surface area contributed by atoms with Crippen molar-refractivity contribution in [2.75, 3.05) is 10.5 Å². The number of anilines is 1. The highest BCUT2D eigenvalue weighted by atomic mass is 127. The van der Waals surface area contributed by atoms with Crippen molar-refractivity contribution < 1.29 is 12.8 Å². The zero-order valence-corrected chi connectivity index (χ0v) is 11.6. The molecule has 0 bridgehead atoms. The van der Waals surface area contributed by atoms with Crippen molar-refractivity contribution in [1.29, 1.82) is 0 Å². The van der Waals surface area contributed by atoms with E-state index in [4.69, 9.17) is 5.73 Å². The lowest BCUT2D eigenvalue weighted by molar-refractivity contribution is 0.599. The van der Waals surface area contributed by atoms with Gasteiger partial charge in [-0.15, -0.1) is 0 Å². The van der Waals surface area contributed by atoms with Gasteiger partial charge in [0, 0.05) is 10.1 Å². The van der Waals surface area contributed by atoms with E-state index in [9.17, 15) is 12.8 Å². The Labute approximate surface area is 108 Å². The molecule has 1 aromatic carbocycles. The molecule has 3 N–H and O–H groups in total. The summed E-state index contributed by atoms with van der Waals surface area (Å²) in [4.78, 5) is 0. The van der Waals surface area contributed by atoms with Gasteiger partial charge in [0.15, 0.2) is 0 Å². The third kappa shape index (κ3) is 3.29. The topological polar surface area (TPSA) is 72.2 Å². The summed E-state index contributed by atoms with van der Waals surface area (Å²) >= 11 is 1.87. The Hall–Kier alpha value is -0.410. The van der Waals surface area contributed by atoms with Crippen LogP contribution < -0.4 is 10.5 Å². The molecule has 0 aliphatic carbocycles.